The number of hydrogen-bond acceptors (Lipinski definition) is 2. The molecule has 0 fully saturated rings. The van der Waals surface area contributed by atoms with Crippen molar-refractivity contribution in [3.05, 3.63) is 29.8 Å². The lowest BCUT2D eigenvalue weighted by Crippen LogP contribution is -2.24. The van der Waals surface area contributed by atoms with E-state index in [1.54, 1.807) is 12.1 Å². The van der Waals surface area contributed by atoms with Gasteiger partial charge in [0.15, 0.2) is 0 Å². The second kappa shape index (κ2) is 6.66. The zero-order valence-electron chi connectivity index (χ0n) is 8.63. The molecule has 82 valence electrons. The summed E-state index contributed by atoms with van der Waals surface area (Å²) in [5.41, 5.74) is 0.670. The molecule has 0 unspecified atom stereocenters. The van der Waals surface area contributed by atoms with Crippen LogP contribution in [-0.4, -0.2) is 23.5 Å². The van der Waals surface area contributed by atoms with Crippen molar-refractivity contribution >= 4 is 28.5 Å². The highest BCUT2D eigenvalue weighted by atomic mass is 127. The summed E-state index contributed by atoms with van der Waals surface area (Å²) in [5.74, 6) is 0.762. The summed E-state index contributed by atoms with van der Waals surface area (Å²) in [4.78, 5) is 11.5. The van der Waals surface area contributed by atoms with Gasteiger partial charge in [0.2, 0.25) is 0 Å². The molecular weight excluding hydrogens is 305 g/mol. The SMILES string of the molecule is CCOc1ccc(C(=O)NCCI)cc1. The minimum Gasteiger partial charge on any atom is -0.494 e. The number of rotatable bonds is 5. The molecule has 0 heterocycles. The number of carbonyl (C=O) groups is 1. The summed E-state index contributed by atoms with van der Waals surface area (Å²) < 4.78 is 6.21. The maximum Gasteiger partial charge on any atom is 0.251 e. The number of hydrogen-bond donors (Lipinski definition) is 1. The van der Waals surface area contributed by atoms with E-state index in [-0.39, 0.29) is 5.91 Å². The fourth-order valence-electron chi connectivity index (χ4n) is 1.13. The normalized spacial score (nSPS) is 9.73. The smallest absolute Gasteiger partial charge is 0.251 e. The van der Waals surface area contributed by atoms with E-state index in [0.717, 1.165) is 10.2 Å². The average Bonchev–Trinajstić information content (AvgIpc) is 2.27. The Labute approximate surface area is 103 Å². The fourth-order valence-corrected chi connectivity index (χ4v) is 1.40. The lowest BCUT2D eigenvalue weighted by Gasteiger charge is -2.05. The molecule has 15 heavy (non-hydrogen) atoms. The number of alkyl halides is 1. The lowest BCUT2D eigenvalue weighted by atomic mass is 10.2. The number of halogens is 1. The van der Waals surface area contributed by atoms with Gasteiger partial charge in [-0.3, -0.25) is 4.79 Å². The van der Waals surface area contributed by atoms with Crippen molar-refractivity contribution in [2.45, 2.75) is 6.92 Å². The number of ether oxygens (including phenoxy) is 1. The van der Waals surface area contributed by atoms with E-state index in [1.165, 1.54) is 0 Å². The van der Waals surface area contributed by atoms with Gasteiger partial charge in [0, 0.05) is 16.5 Å². The Morgan fingerprint density at radius 2 is 2.07 bits per heavy atom. The zero-order valence-corrected chi connectivity index (χ0v) is 10.8. The molecule has 0 spiro atoms. The molecule has 1 aromatic rings. The van der Waals surface area contributed by atoms with Crippen LogP contribution in [0.1, 0.15) is 17.3 Å². The van der Waals surface area contributed by atoms with E-state index < -0.39 is 0 Å². The maximum absolute atomic E-state index is 11.5. The summed E-state index contributed by atoms with van der Waals surface area (Å²) in [6, 6.07) is 7.16. The molecule has 1 amide bonds. The van der Waals surface area contributed by atoms with Crippen LogP contribution in [0.4, 0.5) is 0 Å². The molecule has 0 aliphatic heterocycles. The molecule has 0 saturated heterocycles. The Morgan fingerprint density at radius 1 is 1.40 bits per heavy atom. The molecular formula is C11H14INO2. The van der Waals surface area contributed by atoms with Gasteiger partial charge in [-0.2, -0.15) is 0 Å². The van der Waals surface area contributed by atoms with Crippen molar-refractivity contribution in [1.82, 2.24) is 5.32 Å². The minimum atomic E-state index is -0.0327. The van der Waals surface area contributed by atoms with Crippen LogP contribution in [0.5, 0.6) is 5.75 Å². The van der Waals surface area contributed by atoms with Crippen molar-refractivity contribution in [2.24, 2.45) is 0 Å². The molecule has 4 heteroatoms. The second-order valence-electron chi connectivity index (χ2n) is 2.90. The van der Waals surface area contributed by atoms with Crippen molar-refractivity contribution in [1.29, 1.82) is 0 Å². The van der Waals surface area contributed by atoms with Crippen LogP contribution in [0.3, 0.4) is 0 Å². The highest BCUT2D eigenvalue weighted by Crippen LogP contribution is 2.11. The zero-order chi connectivity index (χ0) is 11.1. The van der Waals surface area contributed by atoms with E-state index >= 15 is 0 Å². The molecule has 0 atom stereocenters. The van der Waals surface area contributed by atoms with Crippen LogP contribution in [0.2, 0.25) is 0 Å². The van der Waals surface area contributed by atoms with E-state index in [2.05, 4.69) is 27.9 Å². The molecule has 1 rings (SSSR count). The van der Waals surface area contributed by atoms with Crippen molar-refractivity contribution in [3.8, 4) is 5.75 Å². The molecule has 0 aliphatic rings. The van der Waals surface area contributed by atoms with Gasteiger partial charge >= 0.3 is 0 Å². The van der Waals surface area contributed by atoms with Crippen LogP contribution in [0, 0.1) is 0 Å². The maximum atomic E-state index is 11.5. The quantitative estimate of drug-likeness (QED) is 0.668. The van der Waals surface area contributed by atoms with Gasteiger partial charge in [-0.25, -0.2) is 0 Å². The fraction of sp³-hybridized carbons (Fsp3) is 0.364. The van der Waals surface area contributed by atoms with Gasteiger partial charge in [-0.1, -0.05) is 22.6 Å². The highest BCUT2D eigenvalue weighted by Gasteiger charge is 2.03. The Morgan fingerprint density at radius 3 is 2.60 bits per heavy atom. The van der Waals surface area contributed by atoms with Crippen LogP contribution in [0.25, 0.3) is 0 Å². The van der Waals surface area contributed by atoms with Crippen LogP contribution in [0.15, 0.2) is 24.3 Å². The Balaban J connectivity index is 2.58. The summed E-state index contributed by atoms with van der Waals surface area (Å²) in [7, 11) is 0. The third-order valence-corrected chi connectivity index (χ3v) is 2.35. The van der Waals surface area contributed by atoms with Crippen molar-refractivity contribution in [3.63, 3.8) is 0 Å². The third kappa shape index (κ3) is 4.07. The summed E-state index contributed by atoms with van der Waals surface area (Å²) >= 11 is 2.22. The van der Waals surface area contributed by atoms with E-state index in [1.807, 2.05) is 19.1 Å². The molecule has 0 aliphatic carbocycles. The standard InChI is InChI=1S/C11H14INO2/c1-2-15-10-5-3-9(4-6-10)11(14)13-8-7-12/h3-6H,2,7-8H2,1H3,(H,13,14). The van der Waals surface area contributed by atoms with E-state index in [4.69, 9.17) is 4.74 Å². The van der Waals surface area contributed by atoms with Gasteiger partial charge in [-0.15, -0.1) is 0 Å². The number of amides is 1. The first-order chi connectivity index (χ1) is 7.27. The molecule has 0 saturated carbocycles. The number of benzene rings is 1. The average molecular weight is 319 g/mol. The predicted octanol–water partition coefficient (Wildman–Crippen LogP) is 2.25. The Bertz CT molecular complexity index is 311. The highest BCUT2D eigenvalue weighted by molar-refractivity contribution is 14.1. The lowest BCUT2D eigenvalue weighted by molar-refractivity contribution is 0.0956. The largest absolute Gasteiger partial charge is 0.494 e. The van der Waals surface area contributed by atoms with Gasteiger partial charge < -0.3 is 10.1 Å². The summed E-state index contributed by atoms with van der Waals surface area (Å²) in [6.07, 6.45) is 0. The predicted molar refractivity (Wildman–Crippen MR) is 68.8 cm³/mol. The summed E-state index contributed by atoms with van der Waals surface area (Å²) in [6.45, 7) is 3.27. The van der Waals surface area contributed by atoms with Crippen LogP contribution < -0.4 is 10.1 Å². The molecule has 1 aromatic carbocycles. The van der Waals surface area contributed by atoms with Crippen molar-refractivity contribution in [2.75, 3.05) is 17.6 Å². The molecule has 1 N–H and O–H groups in total. The molecule has 0 bridgehead atoms. The number of carbonyl (C=O) groups excluding carboxylic acids is 1. The van der Waals surface area contributed by atoms with Gasteiger partial charge in [0.25, 0.3) is 5.91 Å². The van der Waals surface area contributed by atoms with E-state index in [9.17, 15) is 4.79 Å². The summed E-state index contributed by atoms with van der Waals surface area (Å²) in [5, 5.41) is 2.81. The van der Waals surface area contributed by atoms with Gasteiger partial charge in [-0.05, 0) is 31.2 Å². The monoisotopic (exact) mass is 319 g/mol. The van der Waals surface area contributed by atoms with Crippen LogP contribution in [-0.2, 0) is 0 Å². The van der Waals surface area contributed by atoms with E-state index in [0.29, 0.717) is 18.7 Å². The topological polar surface area (TPSA) is 38.3 Å². The first kappa shape index (κ1) is 12.3. The number of nitrogens with one attached hydrogen (secondary N) is 1. The molecule has 0 aromatic heterocycles. The third-order valence-electron chi connectivity index (χ3n) is 1.81. The van der Waals surface area contributed by atoms with Crippen LogP contribution >= 0.6 is 22.6 Å². The second-order valence-corrected chi connectivity index (χ2v) is 3.98. The Hall–Kier alpha value is -0.780. The van der Waals surface area contributed by atoms with Gasteiger partial charge in [0.05, 0.1) is 6.61 Å². The first-order valence-electron chi connectivity index (χ1n) is 4.85. The molecule has 3 nitrogen and oxygen atoms in total. The first-order valence-corrected chi connectivity index (χ1v) is 6.37. The van der Waals surface area contributed by atoms with Crippen molar-refractivity contribution < 1.29 is 9.53 Å². The Kier molecular flexibility index (Phi) is 5.45. The minimum absolute atomic E-state index is 0.0327. The molecule has 0 radical (unpaired) electrons. The van der Waals surface area contributed by atoms with Gasteiger partial charge in [0.1, 0.15) is 5.75 Å².